The van der Waals surface area contributed by atoms with E-state index in [4.69, 9.17) is 10.5 Å². The third-order valence-corrected chi connectivity index (χ3v) is 4.05. The topological polar surface area (TPSA) is 75.9 Å². The van der Waals surface area contributed by atoms with Crippen molar-refractivity contribution < 1.29 is 14.3 Å². The second-order valence-corrected chi connectivity index (χ2v) is 5.89. The lowest BCUT2D eigenvalue weighted by Gasteiger charge is -2.31. The Labute approximate surface area is 132 Å². The SMILES string of the molecule is CC(CN)N(C)C(=O)CN1C(=O)COc2cc(Br)ccc21. The van der Waals surface area contributed by atoms with E-state index in [1.165, 1.54) is 4.90 Å². The number of nitrogens with zero attached hydrogens (tertiary/aromatic N) is 2. The second-order valence-electron chi connectivity index (χ2n) is 4.97. The van der Waals surface area contributed by atoms with Gasteiger partial charge in [-0.3, -0.25) is 14.5 Å². The number of hydrogen-bond donors (Lipinski definition) is 1. The Morgan fingerprint density at radius 1 is 1.57 bits per heavy atom. The van der Waals surface area contributed by atoms with Crippen molar-refractivity contribution in [3.63, 3.8) is 0 Å². The van der Waals surface area contributed by atoms with E-state index in [1.807, 2.05) is 13.0 Å². The van der Waals surface area contributed by atoms with Gasteiger partial charge in [-0.05, 0) is 25.1 Å². The molecule has 1 aromatic carbocycles. The molecule has 2 rings (SSSR count). The Balaban J connectivity index is 2.20. The zero-order valence-electron chi connectivity index (χ0n) is 12.0. The summed E-state index contributed by atoms with van der Waals surface area (Å²) in [6.07, 6.45) is 0. The number of nitrogens with two attached hydrogens (primary N) is 1. The molecule has 1 unspecified atom stereocenters. The molecule has 0 radical (unpaired) electrons. The van der Waals surface area contributed by atoms with Crippen LogP contribution in [0.1, 0.15) is 6.92 Å². The molecule has 0 aromatic heterocycles. The number of anilines is 1. The first-order valence-electron chi connectivity index (χ1n) is 6.62. The molecule has 1 aromatic rings. The maximum atomic E-state index is 12.3. The maximum absolute atomic E-state index is 12.3. The lowest BCUT2D eigenvalue weighted by Crippen LogP contribution is -2.48. The first-order valence-corrected chi connectivity index (χ1v) is 7.41. The Hall–Kier alpha value is -1.60. The highest BCUT2D eigenvalue weighted by Crippen LogP contribution is 2.34. The van der Waals surface area contributed by atoms with Crippen LogP contribution in [0, 0.1) is 0 Å². The Morgan fingerprint density at radius 2 is 2.29 bits per heavy atom. The number of benzene rings is 1. The van der Waals surface area contributed by atoms with E-state index in [9.17, 15) is 9.59 Å². The number of ether oxygens (including phenoxy) is 1. The lowest BCUT2D eigenvalue weighted by molar-refractivity contribution is -0.132. The minimum absolute atomic E-state index is 0.0162. The monoisotopic (exact) mass is 355 g/mol. The molecule has 1 aliphatic heterocycles. The molecular weight excluding hydrogens is 338 g/mol. The number of likely N-dealkylation sites (N-methyl/N-ethyl adjacent to an activating group) is 1. The highest BCUT2D eigenvalue weighted by atomic mass is 79.9. The average Bonchev–Trinajstić information content (AvgIpc) is 2.48. The van der Waals surface area contributed by atoms with E-state index < -0.39 is 0 Å². The summed E-state index contributed by atoms with van der Waals surface area (Å²) >= 11 is 3.36. The molecule has 0 fully saturated rings. The first-order chi connectivity index (χ1) is 9.93. The van der Waals surface area contributed by atoms with Gasteiger partial charge in [0.1, 0.15) is 12.3 Å². The summed E-state index contributed by atoms with van der Waals surface area (Å²) in [6, 6.07) is 5.28. The van der Waals surface area contributed by atoms with Gasteiger partial charge < -0.3 is 15.4 Å². The van der Waals surface area contributed by atoms with E-state index in [0.717, 1.165) is 4.47 Å². The largest absolute Gasteiger partial charge is 0.482 e. The molecule has 0 spiro atoms. The molecule has 0 saturated heterocycles. The van der Waals surface area contributed by atoms with Crippen LogP contribution in [0.3, 0.4) is 0 Å². The summed E-state index contributed by atoms with van der Waals surface area (Å²) in [7, 11) is 1.69. The van der Waals surface area contributed by atoms with Crippen molar-refractivity contribution >= 4 is 33.4 Å². The van der Waals surface area contributed by atoms with Crippen molar-refractivity contribution in [2.45, 2.75) is 13.0 Å². The van der Waals surface area contributed by atoms with E-state index >= 15 is 0 Å². The van der Waals surface area contributed by atoms with Crippen LogP contribution < -0.4 is 15.4 Å². The van der Waals surface area contributed by atoms with Crippen LogP contribution >= 0.6 is 15.9 Å². The third-order valence-electron chi connectivity index (χ3n) is 3.55. The third kappa shape index (κ3) is 3.36. The van der Waals surface area contributed by atoms with Crippen LogP contribution in [0.15, 0.2) is 22.7 Å². The number of carbonyl (C=O) groups excluding carboxylic acids is 2. The van der Waals surface area contributed by atoms with Gasteiger partial charge in [0.15, 0.2) is 6.61 Å². The summed E-state index contributed by atoms with van der Waals surface area (Å²) in [4.78, 5) is 27.3. The number of hydrogen-bond acceptors (Lipinski definition) is 4. The highest BCUT2D eigenvalue weighted by Gasteiger charge is 2.29. The number of fused-ring (bicyclic) bond motifs is 1. The van der Waals surface area contributed by atoms with Crippen molar-refractivity contribution in [1.29, 1.82) is 0 Å². The van der Waals surface area contributed by atoms with Crippen molar-refractivity contribution in [3.8, 4) is 5.75 Å². The van der Waals surface area contributed by atoms with Gasteiger partial charge in [-0.15, -0.1) is 0 Å². The summed E-state index contributed by atoms with van der Waals surface area (Å²) in [5.74, 6) is 0.204. The van der Waals surface area contributed by atoms with Gasteiger partial charge in [-0.2, -0.15) is 0 Å². The fraction of sp³-hybridized carbons (Fsp3) is 0.429. The molecule has 0 aliphatic carbocycles. The van der Waals surface area contributed by atoms with Crippen LogP contribution in [0.4, 0.5) is 5.69 Å². The van der Waals surface area contributed by atoms with Crippen LogP contribution in [0.5, 0.6) is 5.75 Å². The van der Waals surface area contributed by atoms with Gasteiger partial charge in [0, 0.05) is 24.1 Å². The van der Waals surface area contributed by atoms with E-state index in [2.05, 4.69) is 15.9 Å². The normalized spacial score (nSPS) is 15.2. The molecule has 6 nitrogen and oxygen atoms in total. The van der Waals surface area contributed by atoms with Gasteiger partial charge in [-0.1, -0.05) is 15.9 Å². The fourth-order valence-corrected chi connectivity index (χ4v) is 2.34. The molecule has 2 amide bonds. The Bertz CT molecular complexity index is 564. The standard InChI is InChI=1S/C14H18BrN3O3/c1-9(6-16)17(2)13(19)7-18-11-4-3-10(15)5-12(11)21-8-14(18)20/h3-5,9H,6-8,16H2,1-2H3. The molecule has 1 aliphatic rings. The van der Waals surface area contributed by atoms with Crippen LogP contribution in [0.25, 0.3) is 0 Å². The maximum Gasteiger partial charge on any atom is 0.265 e. The van der Waals surface area contributed by atoms with Crippen molar-refractivity contribution in [2.75, 3.05) is 31.6 Å². The van der Waals surface area contributed by atoms with E-state index in [-0.39, 0.29) is 31.0 Å². The lowest BCUT2D eigenvalue weighted by atomic mass is 10.2. The predicted molar refractivity (Wildman–Crippen MR) is 83.3 cm³/mol. The van der Waals surface area contributed by atoms with Gasteiger partial charge in [0.05, 0.1) is 5.69 Å². The van der Waals surface area contributed by atoms with Crippen LogP contribution in [-0.2, 0) is 9.59 Å². The zero-order valence-corrected chi connectivity index (χ0v) is 13.6. The number of halogens is 1. The smallest absolute Gasteiger partial charge is 0.265 e. The van der Waals surface area contributed by atoms with Crippen molar-refractivity contribution in [1.82, 2.24) is 4.90 Å². The quantitative estimate of drug-likeness (QED) is 0.873. The molecule has 7 heteroatoms. The first kappa shape index (κ1) is 15.8. The number of carbonyl (C=O) groups is 2. The molecular formula is C14H18BrN3O3. The van der Waals surface area contributed by atoms with Crippen LogP contribution in [0.2, 0.25) is 0 Å². The molecule has 1 atom stereocenters. The van der Waals surface area contributed by atoms with E-state index in [1.54, 1.807) is 24.1 Å². The minimum Gasteiger partial charge on any atom is -0.482 e. The predicted octanol–water partition coefficient (Wildman–Crippen LogP) is 0.980. The van der Waals surface area contributed by atoms with Gasteiger partial charge >= 0.3 is 0 Å². The zero-order chi connectivity index (χ0) is 15.6. The van der Waals surface area contributed by atoms with Crippen molar-refractivity contribution in [2.24, 2.45) is 5.73 Å². The molecule has 0 bridgehead atoms. The van der Waals surface area contributed by atoms with E-state index in [0.29, 0.717) is 18.0 Å². The molecule has 114 valence electrons. The Kier molecular flexibility index (Phi) is 4.84. The van der Waals surface area contributed by atoms with Gasteiger partial charge in [0.25, 0.3) is 5.91 Å². The Morgan fingerprint density at radius 3 is 2.95 bits per heavy atom. The summed E-state index contributed by atoms with van der Waals surface area (Å²) in [5.41, 5.74) is 6.17. The number of amides is 2. The van der Waals surface area contributed by atoms with Crippen molar-refractivity contribution in [3.05, 3.63) is 22.7 Å². The minimum atomic E-state index is -0.230. The highest BCUT2D eigenvalue weighted by molar-refractivity contribution is 9.10. The second kappa shape index (κ2) is 6.44. The van der Waals surface area contributed by atoms with Gasteiger partial charge in [-0.25, -0.2) is 0 Å². The summed E-state index contributed by atoms with van der Waals surface area (Å²) < 4.78 is 6.25. The average molecular weight is 356 g/mol. The van der Waals surface area contributed by atoms with Crippen LogP contribution in [-0.4, -0.2) is 49.5 Å². The number of rotatable bonds is 4. The summed E-state index contributed by atoms with van der Waals surface area (Å²) in [6.45, 7) is 2.16. The molecule has 1 heterocycles. The fourth-order valence-electron chi connectivity index (χ4n) is 2.00. The molecule has 21 heavy (non-hydrogen) atoms. The van der Waals surface area contributed by atoms with Gasteiger partial charge in [0.2, 0.25) is 5.91 Å². The molecule has 0 saturated carbocycles. The summed E-state index contributed by atoms with van der Waals surface area (Å²) in [5, 5.41) is 0. The molecule has 2 N–H and O–H groups in total.